The number of ketones is 1. The fourth-order valence-corrected chi connectivity index (χ4v) is 3.01. The number of halogens is 2. The standard InChI is InChI=1S/C10H8F2O2S/c1-5-4-8(13)9-6(11)2-3-7(12)10(9)15(5)14/h2-3,5H,4H2,1H3. The smallest absolute Gasteiger partial charge is 0.168 e. The Morgan fingerprint density at radius 1 is 1.33 bits per heavy atom. The molecule has 5 heteroatoms. The molecule has 80 valence electrons. The van der Waals surface area contributed by atoms with Gasteiger partial charge in [0.1, 0.15) is 11.6 Å². The maximum Gasteiger partial charge on any atom is 0.168 e. The van der Waals surface area contributed by atoms with Crippen LogP contribution >= 0.6 is 0 Å². The Morgan fingerprint density at radius 3 is 2.60 bits per heavy atom. The van der Waals surface area contributed by atoms with Gasteiger partial charge in [-0.3, -0.25) is 9.00 Å². The van der Waals surface area contributed by atoms with Gasteiger partial charge in [0.05, 0.1) is 21.3 Å². The normalized spacial score (nSPS) is 25.1. The fourth-order valence-electron chi connectivity index (χ4n) is 1.63. The van der Waals surface area contributed by atoms with Crippen molar-refractivity contribution in [3.05, 3.63) is 29.3 Å². The molecule has 0 saturated carbocycles. The number of rotatable bonds is 0. The number of fused-ring (bicyclic) bond motifs is 1. The Balaban J connectivity index is 2.75. The largest absolute Gasteiger partial charge is 0.294 e. The average molecular weight is 230 g/mol. The number of hydrogen-bond donors (Lipinski definition) is 0. The van der Waals surface area contributed by atoms with Crippen LogP contribution in [0.2, 0.25) is 0 Å². The third-order valence-corrected chi connectivity index (χ3v) is 4.08. The molecule has 1 aliphatic heterocycles. The Hall–Kier alpha value is -1.10. The van der Waals surface area contributed by atoms with Crippen LogP contribution in [0.15, 0.2) is 17.0 Å². The van der Waals surface area contributed by atoms with Crippen LogP contribution in [0.3, 0.4) is 0 Å². The van der Waals surface area contributed by atoms with E-state index in [0.29, 0.717) is 0 Å². The van der Waals surface area contributed by atoms with Gasteiger partial charge in [-0.15, -0.1) is 0 Å². The minimum atomic E-state index is -1.64. The zero-order valence-electron chi connectivity index (χ0n) is 7.92. The lowest BCUT2D eigenvalue weighted by Crippen LogP contribution is -2.26. The summed E-state index contributed by atoms with van der Waals surface area (Å²) < 4.78 is 38.3. The van der Waals surface area contributed by atoms with Gasteiger partial charge < -0.3 is 0 Å². The highest BCUT2D eigenvalue weighted by atomic mass is 32.2. The first-order chi connectivity index (χ1) is 7.02. The topological polar surface area (TPSA) is 34.1 Å². The Labute approximate surface area is 87.8 Å². The van der Waals surface area contributed by atoms with E-state index in [-0.39, 0.29) is 16.9 Å². The van der Waals surface area contributed by atoms with Gasteiger partial charge in [0.15, 0.2) is 5.78 Å². The molecule has 2 unspecified atom stereocenters. The van der Waals surface area contributed by atoms with Gasteiger partial charge >= 0.3 is 0 Å². The molecule has 1 heterocycles. The average Bonchev–Trinajstić information content (AvgIpc) is 2.18. The van der Waals surface area contributed by atoms with E-state index in [0.717, 1.165) is 12.1 Å². The molecule has 0 aliphatic carbocycles. The van der Waals surface area contributed by atoms with Crippen molar-refractivity contribution < 1.29 is 17.8 Å². The summed E-state index contributed by atoms with van der Waals surface area (Å²) in [6, 6.07) is 1.79. The third kappa shape index (κ3) is 1.51. The van der Waals surface area contributed by atoms with E-state index >= 15 is 0 Å². The van der Waals surface area contributed by atoms with Gasteiger partial charge in [0.2, 0.25) is 0 Å². The van der Waals surface area contributed by atoms with Gasteiger partial charge in [-0.1, -0.05) is 6.92 Å². The van der Waals surface area contributed by atoms with Crippen LogP contribution in [0.4, 0.5) is 8.78 Å². The summed E-state index contributed by atoms with van der Waals surface area (Å²) in [6.07, 6.45) is -0.0000154. The van der Waals surface area contributed by atoms with E-state index in [1.54, 1.807) is 6.92 Å². The van der Waals surface area contributed by atoms with Gasteiger partial charge in [-0.25, -0.2) is 8.78 Å². The lowest BCUT2D eigenvalue weighted by Gasteiger charge is -2.20. The second-order valence-corrected chi connectivity index (χ2v) is 5.28. The molecule has 1 aliphatic rings. The molecule has 0 bridgehead atoms. The first-order valence-electron chi connectivity index (χ1n) is 4.44. The van der Waals surface area contributed by atoms with E-state index in [1.807, 2.05) is 0 Å². The van der Waals surface area contributed by atoms with Crippen molar-refractivity contribution in [2.45, 2.75) is 23.5 Å². The molecule has 0 aromatic heterocycles. The third-order valence-electron chi connectivity index (χ3n) is 2.38. The lowest BCUT2D eigenvalue weighted by molar-refractivity contribution is 0.0971. The van der Waals surface area contributed by atoms with Crippen LogP contribution in [0.5, 0.6) is 0 Å². The first kappa shape index (κ1) is 10.4. The Morgan fingerprint density at radius 2 is 1.93 bits per heavy atom. The van der Waals surface area contributed by atoms with Crippen LogP contribution in [0.1, 0.15) is 23.7 Å². The zero-order chi connectivity index (χ0) is 11.2. The van der Waals surface area contributed by atoms with Crippen molar-refractivity contribution in [3.8, 4) is 0 Å². The van der Waals surface area contributed by atoms with E-state index < -0.39 is 33.5 Å². The van der Waals surface area contributed by atoms with Crippen molar-refractivity contribution >= 4 is 16.6 Å². The molecule has 0 radical (unpaired) electrons. The van der Waals surface area contributed by atoms with Crippen LogP contribution in [0, 0.1) is 11.6 Å². The summed E-state index contributed by atoms with van der Waals surface area (Å²) in [5.74, 6) is -2.05. The summed E-state index contributed by atoms with van der Waals surface area (Å²) in [5, 5.41) is -0.457. The van der Waals surface area contributed by atoms with Gasteiger partial charge in [-0.05, 0) is 12.1 Å². The molecule has 0 spiro atoms. The molecule has 15 heavy (non-hydrogen) atoms. The minimum Gasteiger partial charge on any atom is -0.294 e. The summed E-state index contributed by atoms with van der Waals surface area (Å²) in [7, 11) is -1.64. The van der Waals surface area contributed by atoms with E-state index in [2.05, 4.69) is 0 Å². The van der Waals surface area contributed by atoms with Gasteiger partial charge in [-0.2, -0.15) is 0 Å². The number of Topliss-reactive ketones (excluding diaryl/α,β-unsaturated/α-hetero) is 1. The molecule has 0 saturated heterocycles. The molecule has 1 aromatic rings. The predicted molar refractivity (Wildman–Crippen MR) is 51.2 cm³/mol. The molecular formula is C10H8F2O2S. The molecular weight excluding hydrogens is 222 g/mol. The number of benzene rings is 1. The maximum atomic E-state index is 13.3. The van der Waals surface area contributed by atoms with E-state index in [9.17, 15) is 17.8 Å². The van der Waals surface area contributed by atoms with E-state index in [1.165, 1.54) is 0 Å². The number of hydrogen-bond acceptors (Lipinski definition) is 2. The van der Waals surface area contributed by atoms with Crippen LogP contribution < -0.4 is 0 Å². The molecule has 2 atom stereocenters. The molecule has 0 fully saturated rings. The van der Waals surface area contributed by atoms with Crippen LogP contribution in [-0.2, 0) is 10.8 Å². The quantitative estimate of drug-likeness (QED) is 0.683. The highest BCUT2D eigenvalue weighted by Crippen LogP contribution is 2.30. The predicted octanol–water partition coefficient (Wildman–Crippen LogP) is 2.05. The van der Waals surface area contributed by atoms with Crippen LogP contribution in [0.25, 0.3) is 0 Å². The fraction of sp³-hybridized carbons (Fsp3) is 0.300. The van der Waals surface area contributed by atoms with Crippen molar-refractivity contribution in [1.29, 1.82) is 0 Å². The van der Waals surface area contributed by atoms with Crippen molar-refractivity contribution in [3.63, 3.8) is 0 Å². The minimum absolute atomic E-state index is 0.0000154. The number of carbonyl (C=O) groups is 1. The molecule has 0 N–H and O–H groups in total. The SMILES string of the molecule is CC1CC(=O)c2c(F)ccc(F)c2S1=O. The maximum absolute atomic E-state index is 13.3. The van der Waals surface area contributed by atoms with Gasteiger partial charge in [0.25, 0.3) is 0 Å². The molecule has 0 amide bonds. The summed E-state index contributed by atoms with van der Waals surface area (Å²) in [5.41, 5.74) is -0.341. The highest BCUT2D eigenvalue weighted by molar-refractivity contribution is 7.86. The zero-order valence-corrected chi connectivity index (χ0v) is 8.74. The second kappa shape index (κ2) is 3.48. The van der Waals surface area contributed by atoms with E-state index in [4.69, 9.17) is 0 Å². The first-order valence-corrected chi connectivity index (χ1v) is 5.65. The lowest BCUT2D eigenvalue weighted by atomic mass is 10.1. The molecule has 2 rings (SSSR count). The Bertz CT molecular complexity index is 471. The van der Waals surface area contributed by atoms with Crippen molar-refractivity contribution in [1.82, 2.24) is 0 Å². The summed E-state index contributed by atoms with van der Waals surface area (Å²) >= 11 is 0. The highest BCUT2D eigenvalue weighted by Gasteiger charge is 2.33. The van der Waals surface area contributed by atoms with Gasteiger partial charge in [0, 0.05) is 11.7 Å². The van der Waals surface area contributed by atoms with Crippen molar-refractivity contribution in [2.24, 2.45) is 0 Å². The second-order valence-electron chi connectivity index (χ2n) is 3.47. The monoisotopic (exact) mass is 230 g/mol. The summed E-state index contributed by atoms with van der Waals surface area (Å²) in [6.45, 7) is 1.58. The Kier molecular flexibility index (Phi) is 2.42. The van der Waals surface area contributed by atoms with Crippen molar-refractivity contribution in [2.75, 3.05) is 0 Å². The summed E-state index contributed by atoms with van der Waals surface area (Å²) in [4.78, 5) is 11.2. The van der Waals surface area contributed by atoms with Crippen LogP contribution in [-0.4, -0.2) is 15.2 Å². The number of carbonyl (C=O) groups excluding carboxylic acids is 1. The molecule has 1 aromatic carbocycles. The molecule has 2 nitrogen and oxygen atoms in total.